The summed E-state index contributed by atoms with van der Waals surface area (Å²) in [5.41, 5.74) is 2.56. The van der Waals surface area contributed by atoms with E-state index in [1.165, 1.54) is 11.0 Å². The van der Waals surface area contributed by atoms with E-state index in [9.17, 15) is 0 Å². The molecule has 0 spiro atoms. The van der Waals surface area contributed by atoms with Crippen molar-refractivity contribution in [1.29, 1.82) is 0 Å². The first-order chi connectivity index (χ1) is 4.33. The summed E-state index contributed by atoms with van der Waals surface area (Å²) in [5, 5.41) is 0. The fourth-order valence-electron chi connectivity index (χ4n) is 0.811. The van der Waals surface area contributed by atoms with Gasteiger partial charge in [-0.3, -0.25) is 4.98 Å². The smallest absolute Gasteiger partial charge is 0.156 e. The molecule has 0 saturated heterocycles. The van der Waals surface area contributed by atoms with E-state index in [4.69, 9.17) is 0 Å². The minimum atomic E-state index is 1.08. The molecule has 0 unspecified atom stereocenters. The highest BCUT2D eigenvalue weighted by Crippen LogP contribution is 1.87. The topological polar surface area (TPSA) is 12.9 Å². The fourth-order valence-corrected chi connectivity index (χ4v) is 0.811. The quantitative estimate of drug-likeness (QED) is 0.490. The third-order valence-electron chi connectivity index (χ3n) is 1.34. The van der Waals surface area contributed by atoms with Crippen LogP contribution in [-0.4, -0.2) is 12.3 Å². The van der Waals surface area contributed by atoms with Gasteiger partial charge in [0.25, 0.3) is 0 Å². The Kier molecular flexibility index (Phi) is 1.88. The SMILES string of the molecule is CBc1cncc(C)c1. The molecular weight excluding hydrogens is 109 g/mol. The minimum absolute atomic E-state index is 1.08. The maximum Gasteiger partial charge on any atom is 0.156 e. The number of nitrogens with zero attached hydrogens (tertiary/aromatic N) is 1. The number of pyridine rings is 1. The molecular formula is C7H10BN. The molecule has 9 heavy (non-hydrogen) atoms. The average molecular weight is 119 g/mol. The Hall–Kier alpha value is -0.785. The van der Waals surface area contributed by atoms with E-state index in [0.29, 0.717) is 0 Å². The molecule has 1 aromatic rings. The lowest BCUT2D eigenvalue weighted by atomic mass is 9.74. The average Bonchev–Trinajstić information content (AvgIpc) is 1.88. The lowest BCUT2D eigenvalue weighted by molar-refractivity contribution is 1.29. The Morgan fingerprint density at radius 2 is 2.22 bits per heavy atom. The van der Waals surface area contributed by atoms with Crippen molar-refractivity contribution in [2.75, 3.05) is 0 Å². The lowest BCUT2D eigenvalue weighted by Crippen LogP contribution is -2.10. The van der Waals surface area contributed by atoms with Gasteiger partial charge in [0.05, 0.1) is 0 Å². The molecule has 0 aliphatic carbocycles. The largest absolute Gasteiger partial charge is 0.265 e. The van der Waals surface area contributed by atoms with Gasteiger partial charge in [0.15, 0.2) is 7.28 Å². The summed E-state index contributed by atoms with van der Waals surface area (Å²) >= 11 is 0. The maximum absolute atomic E-state index is 4.06. The molecule has 1 aromatic heterocycles. The van der Waals surface area contributed by atoms with E-state index in [1.807, 2.05) is 12.4 Å². The van der Waals surface area contributed by atoms with Gasteiger partial charge in [-0.1, -0.05) is 18.4 Å². The van der Waals surface area contributed by atoms with E-state index in [1.54, 1.807) is 0 Å². The molecule has 0 aromatic carbocycles. The van der Waals surface area contributed by atoms with Gasteiger partial charge >= 0.3 is 0 Å². The highest BCUT2D eigenvalue weighted by molar-refractivity contribution is 6.51. The Bertz CT molecular complexity index is 198. The first-order valence-corrected chi connectivity index (χ1v) is 3.23. The Morgan fingerprint density at radius 3 is 2.67 bits per heavy atom. The van der Waals surface area contributed by atoms with Crippen molar-refractivity contribution in [3.05, 3.63) is 24.0 Å². The van der Waals surface area contributed by atoms with Gasteiger partial charge < -0.3 is 0 Å². The normalized spacial score (nSPS) is 9.11. The molecule has 0 aliphatic rings. The van der Waals surface area contributed by atoms with Crippen molar-refractivity contribution >= 4 is 12.7 Å². The van der Waals surface area contributed by atoms with Gasteiger partial charge in [-0.2, -0.15) is 0 Å². The first-order valence-electron chi connectivity index (χ1n) is 3.23. The van der Waals surface area contributed by atoms with Crippen LogP contribution in [0.3, 0.4) is 0 Å². The molecule has 0 radical (unpaired) electrons. The predicted molar refractivity (Wildman–Crippen MR) is 41.6 cm³/mol. The van der Waals surface area contributed by atoms with E-state index in [-0.39, 0.29) is 0 Å². The Labute approximate surface area is 56.4 Å². The maximum atomic E-state index is 4.06. The minimum Gasteiger partial charge on any atom is -0.265 e. The van der Waals surface area contributed by atoms with Gasteiger partial charge in [-0.25, -0.2) is 0 Å². The van der Waals surface area contributed by atoms with E-state index >= 15 is 0 Å². The summed E-state index contributed by atoms with van der Waals surface area (Å²) in [6.45, 7) is 4.20. The van der Waals surface area contributed by atoms with Gasteiger partial charge in [0.2, 0.25) is 0 Å². The molecule has 46 valence electrons. The molecule has 0 saturated carbocycles. The highest BCUT2D eigenvalue weighted by Gasteiger charge is 1.88. The lowest BCUT2D eigenvalue weighted by Gasteiger charge is -1.93. The molecule has 1 nitrogen and oxygen atoms in total. The molecule has 2 heteroatoms. The van der Waals surface area contributed by atoms with Crippen molar-refractivity contribution in [2.45, 2.75) is 13.7 Å². The van der Waals surface area contributed by atoms with Crippen LogP contribution in [0.5, 0.6) is 0 Å². The fraction of sp³-hybridized carbons (Fsp3) is 0.286. The van der Waals surface area contributed by atoms with Crippen LogP contribution in [0.25, 0.3) is 0 Å². The zero-order valence-electron chi connectivity index (χ0n) is 5.89. The molecule has 0 fully saturated rings. The van der Waals surface area contributed by atoms with Crippen molar-refractivity contribution in [2.24, 2.45) is 0 Å². The third kappa shape index (κ3) is 1.56. The standard InChI is InChI=1S/C7H10BN/c1-6-3-7(8-2)5-9-4-6/h3-5,8H,1-2H3. The van der Waals surface area contributed by atoms with Crippen LogP contribution in [-0.2, 0) is 0 Å². The summed E-state index contributed by atoms with van der Waals surface area (Å²) in [6, 6.07) is 2.16. The molecule has 0 amide bonds. The van der Waals surface area contributed by atoms with Crippen molar-refractivity contribution < 1.29 is 0 Å². The van der Waals surface area contributed by atoms with Crippen molar-refractivity contribution in [3.8, 4) is 0 Å². The van der Waals surface area contributed by atoms with Gasteiger partial charge in [0, 0.05) is 12.4 Å². The summed E-state index contributed by atoms with van der Waals surface area (Å²) in [6.07, 6.45) is 3.78. The zero-order valence-corrected chi connectivity index (χ0v) is 5.89. The monoisotopic (exact) mass is 119 g/mol. The molecule has 1 rings (SSSR count). The molecule has 0 aliphatic heterocycles. The second-order valence-electron chi connectivity index (χ2n) is 2.22. The third-order valence-corrected chi connectivity index (χ3v) is 1.34. The molecule has 1 heterocycles. The summed E-state index contributed by atoms with van der Waals surface area (Å²) < 4.78 is 0. The van der Waals surface area contributed by atoms with E-state index in [0.717, 1.165) is 7.28 Å². The molecule has 0 N–H and O–H groups in total. The van der Waals surface area contributed by atoms with Crippen LogP contribution in [0.15, 0.2) is 18.5 Å². The number of rotatable bonds is 1. The van der Waals surface area contributed by atoms with Crippen LogP contribution >= 0.6 is 0 Å². The van der Waals surface area contributed by atoms with Crippen molar-refractivity contribution in [1.82, 2.24) is 4.98 Å². The summed E-state index contributed by atoms with van der Waals surface area (Å²) in [7, 11) is 1.08. The van der Waals surface area contributed by atoms with Crippen LogP contribution in [0.1, 0.15) is 5.56 Å². The van der Waals surface area contributed by atoms with Gasteiger partial charge in [-0.05, 0) is 12.5 Å². The van der Waals surface area contributed by atoms with E-state index in [2.05, 4.69) is 24.8 Å². The number of hydrogen-bond acceptors (Lipinski definition) is 1. The van der Waals surface area contributed by atoms with Crippen LogP contribution in [0, 0.1) is 6.92 Å². The highest BCUT2D eigenvalue weighted by atomic mass is 14.6. The van der Waals surface area contributed by atoms with Crippen molar-refractivity contribution in [3.63, 3.8) is 0 Å². The molecule has 0 bridgehead atoms. The van der Waals surface area contributed by atoms with Crippen LogP contribution < -0.4 is 5.46 Å². The summed E-state index contributed by atoms with van der Waals surface area (Å²) in [4.78, 5) is 4.06. The number of aromatic nitrogens is 1. The second kappa shape index (κ2) is 2.67. The van der Waals surface area contributed by atoms with Gasteiger partial charge in [-0.15, -0.1) is 0 Å². The summed E-state index contributed by atoms with van der Waals surface area (Å²) in [5.74, 6) is 0. The first kappa shape index (κ1) is 6.34. The number of aryl methyl sites for hydroxylation is 1. The zero-order chi connectivity index (χ0) is 6.69. The number of hydrogen-bond donors (Lipinski definition) is 0. The predicted octanol–water partition coefficient (Wildman–Crippen LogP) is 0.500. The molecule has 0 atom stereocenters. The second-order valence-corrected chi connectivity index (χ2v) is 2.22. The van der Waals surface area contributed by atoms with Crippen LogP contribution in [0.4, 0.5) is 0 Å². The van der Waals surface area contributed by atoms with E-state index < -0.39 is 0 Å². The Balaban J connectivity index is 2.94. The van der Waals surface area contributed by atoms with Gasteiger partial charge in [0.1, 0.15) is 0 Å². The Morgan fingerprint density at radius 1 is 1.44 bits per heavy atom. The van der Waals surface area contributed by atoms with Crippen LogP contribution in [0.2, 0.25) is 6.82 Å².